The maximum atomic E-state index is 13.2. The number of hydrogen-bond donors (Lipinski definition) is 1. The lowest BCUT2D eigenvalue weighted by molar-refractivity contribution is -0.120. The van der Waals surface area contributed by atoms with Crippen molar-refractivity contribution in [1.29, 1.82) is 0 Å². The maximum Gasteiger partial charge on any atom is 0.243 e. The molecule has 1 aliphatic heterocycles. The van der Waals surface area contributed by atoms with Gasteiger partial charge in [0.25, 0.3) is 0 Å². The number of sulfonamides is 1. The quantitative estimate of drug-likeness (QED) is 0.465. The Hall–Kier alpha value is -3.30. The molecule has 1 N–H and O–H groups in total. The first kappa shape index (κ1) is 22.5. The zero-order valence-electron chi connectivity index (χ0n) is 19.2. The number of nitrogens with one attached hydrogen (secondary N) is 1. The first-order chi connectivity index (χ1) is 16.3. The van der Waals surface area contributed by atoms with Crippen LogP contribution >= 0.6 is 0 Å². The highest BCUT2D eigenvalue weighted by Gasteiger charge is 2.32. The molecule has 3 heterocycles. The van der Waals surface area contributed by atoms with Gasteiger partial charge in [-0.2, -0.15) is 9.40 Å². The fourth-order valence-electron chi connectivity index (χ4n) is 4.47. The fourth-order valence-corrected chi connectivity index (χ4v) is 5.97. The predicted molar refractivity (Wildman–Crippen MR) is 132 cm³/mol. The van der Waals surface area contributed by atoms with Gasteiger partial charge in [0, 0.05) is 30.4 Å². The van der Waals surface area contributed by atoms with Gasteiger partial charge in [-0.15, -0.1) is 0 Å². The molecule has 0 spiro atoms. The number of benzene rings is 2. The number of amides is 1. The fraction of sp³-hybridized carbons (Fsp3) is 0.320. The third-order valence-corrected chi connectivity index (χ3v) is 8.27. The second-order valence-electron chi connectivity index (χ2n) is 9.00. The van der Waals surface area contributed by atoms with Crippen molar-refractivity contribution in [3.05, 3.63) is 60.9 Å². The van der Waals surface area contributed by atoms with Gasteiger partial charge in [0.2, 0.25) is 15.9 Å². The van der Waals surface area contributed by atoms with Crippen LogP contribution < -0.4 is 5.32 Å². The molecular formula is C25H27N5O3S. The molecule has 0 saturated carbocycles. The Morgan fingerprint density at radius 3 is 2.47 bits per heavy atom. The Balaban J connectivity index is 1.24. The van der Waals surface area contributed by atoms with Crippen LogP contribution in [0.3, 0.4) is 0 Å². The third-order valence-electron chi connectivity index (χ3n) is 6.37. The molecule has 0 aliphatic carbocycles. The normalized spacial score (nSPS) is 15.9. The van der Waals surface area contributed by atoms with E-state index in [1.807, 2.05) is 54.9 Å². The van der Waals surface area contributed by atoms with Crippen LogP contribution in [0.2, 0.25) is 0 Å². The first-order valence-electron chi connectivity index (χ1n) is 11.5. The molecule has 0 atom stereocenters. The Bertz CT molecular complexity index is 1470. The van der Waals surface area contributed by atoms with Crippen LogP contribution in [0, 0.1) is 5.92 Å². The third kappa shape index (κ3) is 4.17. The van der Waals surface area contributed by atoms with Crippen LogP contribution in [0.1, 0.15) is 32.7 Å². The maximum absolute atomic E-state index is 13.2. The van der Waals surface area contributed by atoms with Crippen LogP contribution in [0.4, 0.5) is 5.69 Å². The zero-order chi connectivity index (χ0) is 23.9. The van der Waals surface area contributed by atoms with Gasteiger partial charge in [-0.1, -0.05) is 30.3 Å². The summed E-state index contributed by atoms with van der Waals surface area (Å²) in [7, 11) is -3.61. The van der Waals surface area contributed by atoms with E-state index in [-0.39, 0.29) is 22.8 Å². The summed E-state index contributed by atoms with van der Waals surface area (Å²) in [5, 5.41) is 10.1. The number of nitrogens with zero attached hydrogens (tertiary/aromatic N) is 4. The molecule has 1 aliphatic rings. The summed E-state index contributed by atoms with van der Waals surface area (Å²) in [6.07, 6.45) is 4.33. The molecule has 1 fully saturated rings. The number of fused-ring (bicyclic) bond motifs is 2. The molecule has 9 heteroatoms. The Morgan fingerprint density at radius 1 is 1.00 bits per heavy atom. The number of pyridine rings is 1. The summed E-state index contributed by atoms with van der Waals surface area (Å²) in [4.78, 5) is 17.6. The van der Waals surface area contributed by atoms with Gasteiger partial charge in [-0.3, -0.25) is 4.79 Å². The molecule has 4 aromatic rings. The lowest BCUT2D eigenvalue weighted by Gasteiger charge is -2.30. The van der Waals surface area contributed by atoms with Gasteiger partial charge in [0.05, 0.1) is 23.0 Å². The van der Waals surface area contributed by atoms with Crippen molar-refractivity contribution in [2.45, 2.75) is 37.6 Å². The second kappa shape index (κ2) is 8.81. The average molecular weight is 478 g/mol. The molecule has 1 amide bonds. The van der Waals surface area contributed by atoms with Crippen molar-refractivity contribution in [3.8, 4) is 0 Å². The predicted octanol–water partition coefficient (Wildman–Crippen LogP) is 4.20. The average Bonchev–Trinajstić information content (AvgIpc) is 3.27. The minimum atomic E-state index is -3.61. The van der Waals surface area contributed by atoms with E-state index in [9.17, 15) is 13.2 Å². The lowest BCUT2D eigenvalue weighted by Crippen LogP contribution is -2.41. The zero-order valence-corrected chi connectivity index (χ0v) is 20.0. The summed E-state index contributed by atoms with van der Waals surface area (Å²) < 4.78 is 29.7. The Kier molecular flexibility index (Phi) is 5.83. The van der Waals surface area contributed by atoms with Gasteiger partial charge in [-0.25, -0.2) is 18.1 Å². The van der Waals surface area contributed by atoms with Crippen molar-refractivity contribution in [2.75, 3.05) is 18.4 Å². The van der Waals surface area contributed by atoms with Crippen LogP contribution in [0.5, 0.6) is 0 Å². The topological polar surface area (TPSA) is 97.2 Å². The van der Waals surface area contributed by atoms with E-state index >= 15 is 0 Å². The molecule has 0 radical (unpaired) electrons. The number of carbonyl (C=O) groups excluding carboxylic acids is 1. The molecule has 0 unspecified atom stereocenters. The monoisotopic (exact) mass is 477 g/mol. The van der Waals surface area contributed by atoms with Crippen LogP contribution in [0.15, 0.2) is 65.8 Å². The minimum Gasteiger partial charge on any atom is -0.324 e. The SMILES string of the molecule is CC(C)n1ncc2cc(NC(=O)C3CCN(S(=O)(=O)c4ccc5ccccc5c4)CC3)cnc21. The Labute approximate surface area is 198 Å². The van der Waals surface area contributed by atoms with Crippen molar-refractivity contribution < 1.29 is 13.2 Å². The molecule has 2 aromatic heterocycles. The minimum absolute atomic E-state index is 0.111. The van der Waals surface area contributed by atoms with E-state index in [4.69, 9.17) is 0 Å². The van der Waals surface area contributed by atoms with Crippen molar-refractivity contribution >= 4 is 43.4 Å². The van der Waals surface area contributed by atoms with E-state index < -0.39 is 10.0 Å². The standard InChI is InChI=1S/C25H27N5O3S/c1-17(2)30-24-21(15-27-30)13-22(16-26-24)28-25(31)19-9-11-29(12-10-19)34(32,33)23-8-7-18-5-3-4-6-20(18)14-23/h3-8,13-17,19H,9-12H2,1-2H3,(H,28,31). The molecule has 2 aromatic carbocycles. The molecule has 0 bridgehead atoms. The molecule has 34 heavy (non-hydrogen) atoms. The first-order valence-corrected chi connectivity index (χ1v) is 12.9. The van der Waals surface area contributed by atoms with Crippen LogP contribution in [0.25, 0.3) is 21.8 Å². The molecule has 1 saturated heterocycles. The highest BCUT2D eigenvalue weighted by Crippen LogP contribution is 2.27. The van der Waals surface area contributed by atoms with Crippen molar-refractivity contribution in [1.82, 2.24) is 19.1 Å². The van der Waals surface area contributed by atoms with Crippen molar-refractivity contribution in [2.24, 2.45) is 5.92 Å². The van der Waals surface area contributed by atoms with Crippen LogP contribution in [-0.4, -0.2) is 46.5 Å². The van der Waals surface area contributed by atoms with Gasteiger partial charge in [0.1, 0.15) is 0 Å². The van der Waals surface area contributed by atoms with Gasteiger partial charge in [-0.05, 0) is 55.7 Å². The summed E-state index contributed by atoms with van der Waals surface area (Å²) in [5.41, 5.74) is 1.40. The highest BCUT2D eigenvalue weighted by atomic mass is 32.2. The number of rotatable bonds is 5. The number of carbonyl (C=O) groups is 1. The van der Waals surface area contributed by atoms with Crippen molar-refractivity contribution in [3.63, 3.8) is 0 Å². The van der Waals surface area contributed by atoms with E-state index in [0.29, 0.717) is 31.6 Å². The second-order valence-corrected chi connectivity index (χ2v) is 10.9. The van der Waals surface area contributed by atoms with E-state index in [2.05, 4.69) is 15.4 Å². The largest absolute Gasteiger partial charge is 0.324 e. The smallest absolute Gasteiger partial charge is 0.243 e. The Morgan fingerprint density at radius 2 is 1.74 bits per heavy atom. The molecule has 8 nitrogen and oxygen atoms in total. The number of aromatic nitrogens is 3. The summed E-state index contributed by atoms with van der Waals surface area (Å²) in [5.74, 6) is -0.364. The molecule has 176 valence electrons. The van der Waals surface area contributed by atoms with Gasteiger partial charge < -0.3 is 5.32 Å². The van der Waals surface area contributed by atoms with E-state index in [0.717, 1.165) is 21.8 Å². The van der Waals surface area contributed by atoms with E-state index in [1.165, 1.54) is 4.31 Å². The van der Waals surface area contributed by atoms with Crippen LogP contribution in [-0.2, 0) is 14.8 Å². The summed E-state index contributed by atoms with van der Waals surface area (Å²) in [6.45, 7) is 4.70. The summed E-state index contributed by atoms with van der Waals surface area (Å²) in [6, 6.07) is 15.0. The highest BCUT2D eigenvalue weighted by molar-refractivity contribution is 7.89. The van der Waals surface area contributed by atoms with Gasteiger partial charge in [0.15, 0.2) is 5.65 Å². The lowest BCUT2D eigenvalue weighted by atomic mass is 9.97. The van der Waals surface area contributed by atoms with E-state index in [1.54, 1.807) is 24.5 Å². The molecular weight excluding hydrogens is 450 g/mol. The van der Waals surface area contributed by atoms with Gasteiger partial charge >= 0.3 is 0 Å². The summed E-state index contributed by atoms with van der Waals surface area (Å²) >= 11 is 0. The molecule has 5 rings (SSSR count). The number of hydrogen-bond acceptors (Lipinski definition) is 5. The number of piperidine rings is 1. The number of anilines is 1.